The Labute approximate surface area is 193 Å². The van der Waals surface area contributed by atoms with E-state index in [0.717, 1.165) is 5.56 Å². The van der Waals surface area contributed by atoms with E-state index in [9.17, 15) is 13.2 Å². The fraction of sp³-hybridized carbons (Fsp3) is 0.714. The molecular weight excluding hydrogens is 482 g/mol. The Morgan fingerprint density at radius 2 is 1.00 bits per heavy atom. The van der Waals surface area contributed by atoms with E-state index in [1.165, 1.54) is 12.1 Å². The summed E-state index contributed by atoms with van der Waals surface area (Å²) in [5.41, 5.74) is 0.410. The van der Waals surface area contributed by atoms with Crippen molar-refractivity contribution < 1.29 is 21.7 Å². The first-order valence-corrected chi connectivity index (χ1v) is 27.6. The summed E-state index contributed by atoms with van der Waals surface area (Å²) < 4.78 is 53.8. The van der Waals surface area contributed by atoms with Crippen LogP contribution in [0, 0.1) is 0 Å². The summed E-state index contributed by atoms with van der Waals surface area (Å²) in [6.07, 6.45) is -4.34. The first kappa shape index (κ1) is 29.0. The second kappa shape index (κ2) is 8.66. The average molecular weight is 525 g/mol. The molecule has 0 bridgehead atoms. The lowest BCUT2D eigenvalue weighted by Crippen LogP contribution is -2.87. The summed E-state index contributed by atoms with van der Waals surface area (Å²) in [6.45, 7) is 27.8. The number of rotatable bonds is 8. The molecule has 0 aliphatic heterocycles. The van der Waals surface area contributed by atoms with Crippen LogP contribution in [0.1, 0.15) is 11.1 Å². The molecule has 1 unspecified atom stereocenters. The third-order valence-corrected chi connectivity index (χ3v) is 39.7. The highest BCUT2D eigenvalue weighted by atomic mass is 29.3. The van der Waals surface area contributed by atoms with E-state index in [2.05, 4.69) is 78.6 Å². The van der Waals surface area contributed by atoms with Gasteiger partial charge in [-0.2, -0.15) is 13.2 Å². The second-order valence-electron chi connectivity index (χ2n) is 12.6. The first-order valence-electron chi connectivity index (χ1n) is 10.9. The van der Waals surface area contributed by atoms with Crippen LogP contribution in [0.4, 0.5) is 13.2 Å². The van der Waals surface area contributed by atoms with Crippen molar-refractivity contribution in [1.82, 2.24) is 0 Å². The minimum absolute atomic E-state index is 0.309. The van der Waals surface area contributed by atoms with E-state index < -0.39 is 51.9 Å². The lowest BCUT2D eigenvalue weighted by Gasteiger charge is -2.64. The number of hydrogen-bond donors (Lipinski definition) is 0. The van der Waals surface area contributed by atoms with Crippen molar-refractivity contribution in [2.75, 3.05) is 7.11 Å². The molecule has 0 aliphatic carbocycles. The molecule has 0 saturated carbocycles. The van der Waals surface area contributed by atoms with Crippen LogP contribution in [-0.4, -0.2) is 47.2 Å². The molecule has 180 valence electrons. The van der Waals surface area contributed by atoms with Gasteiger partial charge in [0.2, 0.25) is 0 Å². The molecule has 0 N–H and O–H groups in total. The van der Waals surface area contributed by atoms with Crippen LogP contribution in [-0.2, 0) is 19.0 Å². The Kier molecular flexibility index (Phi) is 8.11. The van der Waals surface area contributed by atoms with Gasteiger partial charge < -0.3 is 8.54 Å². The number of halogens is 3. The van der Waals surface area contributed by atoms with Crippen molar-refractivity contribution in [1.29, 1.82) is 0 Å². The summed E-state index contributed by atoms with van der Waals surface area (Å²) in [7, 11) is -9.38. The van der Waals surface area contributed by atoms with Gasteiger partial charge in [-0.15, -0.1) is 0 Å². The molecule has 0 heterocycles. The smallest absolute Gasteiger partial charge is 0.416 e. The van der Waals surface area contributed by atoms with Crippen LogP contribution in [0.3, 0.4) is 0 Å². The lowest BCUT2D eigenvalue weighted by molar-refractivity contribution is -0.137. The van der Waals surface area contributed by atoms with Crippen molar-refractivity contribution in [3.8, 4) is 0 Å². The van der Waals surface area contributed by atoms with Crippen molar-refractivity contribution in [2.45, 2.75) is 89.0 Å². The minimum Gasteiger partial charge on any atom is -0.438 e. The normalized spacial score (nSPS) is 16.9. The Morgan fingerprint density at radius 3 is 1.23 bits per heavy atom. The second-order valence-corrected chi connectivity index (χ2v) is 43.0. The quantitative estimate of drug-likeness (QED) is 0.326. The summed E-state index contributed by atoms with van der Waals surface area (Å²) in [4.78, 5) is 0. The van der Waals surface area contributed by atoms with E-state index in [4.69, 9.17) is 8.54 Å². The van der Waals surface area contributed by atoms with Crippen LogP contribution in [0.15, 0.2) is 24.3 Å². The summed E-state index contributed by atoms with van der Waals surface area (Å²) >= 11 is 0. The summed E-state index contributed by atoms with van der Waals surface area (Å²) in [5.74, 6) is 0. The third-order valence-electron chi connectivity index (χ3n) is 6.11. The molecule has 10 heteroatoms. The SMILES string of the molecule is CO[Si](O[Si](C)(C)C)(C(c1ccc(C(F)(F)F)cc1)([Si](C)(C)C)[Si](C)(C)C)[Si](C)(C)C. The molecule has 0 aliphatic rings. The Bertz CT molecular complexity index is 740. The topological polar surface area (TPSA) is 18.5 Å². The van der Waals surface area contributed by atoms with Crippen molar-refractivity contribution >= 4 is 40.1 Å². The maximum atomic E-state index is 13.4. The van der Waals surface area contributed by atoms with Gasteiger partial charge in [0.15, 0.2) is 8.32 Å². The van der Waals surface area contributed by atoms with Gasteiger partial charge in [-0.1, -0.05) is 71.1 Å². The van der Waals surface area contributed by atoms with E-state index in [0.29, 0.717) is 0 Å². The maximum Gasteiger partial charge on any atom is 0.416 e. The van der Waals surface area contributed by atoms with Gasteiger partial charge in [-0.05, 0) is 37.3 Å². The van der Waals surface area contributed by atoms with Crippen molar-refractivity contribution in [2.24, 2.45) is 0 Å². The van der Waals surface area contributed by atoms with Crippen LogP contribution in [0.5, 0.6) is 0 Å². The molecule has 0 saturated heterocycles. The predicted octanol–water partition coefficient (Wildman–Crippen LogP) is 7.59. The third kappa shape index (κ3) is 5.25. The monoisotopic (exact) mass is 524 g/mol. The van der Waals surface area contributed by atoms with E-state index in [1.54, 1.807) is 12.1 Å². The van der Waals surface area contributed by atoms with Gasteiger partial charge in [-0.25, -0.2) is 0 Å². The van der Waals surface area contributed by atoms with Gasteiger partial charge in [-0.3, -0.25) is 0 Å². The van der Waals surface area contributed by atoms with Crippen molar-refractivity contribution in [3.05, 3.63) is 35.4 Å². The lowest BCUT2D eigenvalue weighted by atomic mass is 10.1. The molecule has 1 aromatic rings. The molecule has 2 nitrogen and oxygen atoms in total. The maximum absolute atomic E-state index is 13.4. The molecule has 1 rings (SSSR count). The van der Waals surface area contributed by atoms with Crippen LogP contribution in [0.2, 0.25) is 78.6 Å². The summed E-state index contributed by atoms with van der Waals surface area (Å²) in [6, 6.07) is 6.01. The zero-order chi connectivity index (χ0) is 24.9. The van der Waals surface area contributed by atoms with Gasteiger partial charge in [0, 0.05) is 11.4 Å². The van der Waals surface area contributed by atoms with Gasteiger partial charge in [0.25, 0.3) is 0 Å². The zero-order valence-corrected chi connectivity index (χ0v) is 26.8. The molecular formula is C21H43F3O2Si5. The minimum atomic E-state index is -4.34. The molecule has 0 fully saturated rings. The van der Waals surface area contributed by atoms with Crippen LogP contribution >= 0.6 is 0 Å². The van der Waals surface area contributed by atoms with Gasteiger partial charge in [0.05, 0.1) is 21.7 Å². The molecule has 1 aromatic carbocycles. The predicted molar refractivity (Wildman–Crippen MR) is 140 cm³/mol. The Hall–Kier alpha value is 0.0144. The number of hydrogen-bond acceptors (Lipinski definition) is 2. The average Bonchev–Trinajstić information content (AvgIpc) is 2.48. The standard InChI is InChI=1S/C21H43F3O2Si5/c1-25-31(30(11,12)13,26-29(8,9)10)21(27(2,3)4,28(5,6)7)19-16-14-18(15-17-19)20(22,23)24/h14-17H,1-13H3. The van der Waals surface area contributed by atoms with E-state index in [1.807, 2.05) is 7.11 Å². The largest absolute Gasteiger partial charge is 0.438 e. The Balaban J connectivity index is 4.24. The summed E-state index contributed by atoms with van der Waals surface area (Å²) in [5, 5.41) is 0. The fourth-order valence-electron chi connectivity index (χ4n) is 5.80. The molecule has 1 atom stereocenters. The highest BCUT2D eigenvalue weighted by Gasteiger charge is 2.74. The van der Waals surface area contributed by atoms with E-state index in [-0.39, 0.29) is 4.28 Å². The molecule has 0 radical (unpaired) electrons. The highest BCUT2D eigenvalue weighted by Crippen LogP contribution is 2.53. The van der Waals surface area contributed by atoms with Gasteiger partial charge in [0.1, 0.15) is 7.59 Å². The molecule has 0 amide bonds. The highest BCUT2D eigenvalue weighted by molar-refractivity contribution is 7.44. The first-order chi connectivity index (χ1) is 13.5. The van der Waals surface area contributed by atoms with E-state index >= 15 is 0 Å². The van der Waals surface area contributed by atoms with Crippen LogP contribution < -0.4 is 0 Å². The number of alkyl halides is 3. The number of benzene rings is 1. The van der Waals surface area contributed by atoms with Crippen molar-refractivity contribution in [3.63, 3.8) is 0 Å². The molecule has 0 aromatic heterocycles. The van der Waals surface area contributed by atoms with Gasteiger partial charge >= 0.3 is 14.3 Å². The fourth-order valence-corrected chi connectivity index (χ4v) is 59.2. The molecule has 31 heavy (non-hydrogen) atoms. The Morgan fingerprint density at radius 1 is 0.645 bits per heavy atom. The van der Waals surface area contributed by atoms with Crippen LogP contribution in [0.25, 0.3) is 0 Å². The zero-order valence-electron chi connectivity index (χ0n) is 21.8. The molecule has 0 spiro atoms.